The van der Waals surface area contributed by atoms with Crippen LogP contribution in [-0.4, -0.2) is 42.9 Å². The molecule has 0 amide bonds. The van der Waals surface area contributed by atoms with Crippen molar-refractivity contribution in [1.29, 1.82) is 0 Å². The van der Waals surface area contributed by atoms with E-state index in [0.717, 1.165) is 0 Å². The number of nitrogen functional groups attached to an aromatic ring is 1. The molecule has 6 heteroatoms. The third kappa shape index (κ3) is 3.60. The van der Waals surface area contributed by atoms with Crippen molar-refractivity contribution in [2.45, 2.75) is 6.92 Å². The smallest absolute Gasteiger partial charge is 0.354 e. The number of hydrogen-bond donors (Lipinski definition) is 2. The van der Waals surface area contributed by atoms with Crippen LogP contribution in [0.15, 0.2) is 12.1 Å². The maximum Gasteiger partial charge on any atom is 0.354 e. The summed E-state index contributed by atoms with van der Waals surface area (Å²) in [6, 6.07) is 2.93. The minimum Gasteiger partial charge on any atom is -0.477 e. The van der Waals surface area contributed by atoms with Crippen molar-refractivity contribution >= 4 is 17.5 Å². The zero-order valence-corrected chi connectivity index (χ0v) is 10.0. The van der Waals surface area contributed by atoms with Gasteiger partial charge in [-0.3, -0.25) is 0 Å². The number of nitrogens with two attached hydrogens (primary N) is 1. The summed E-state index contributed by atoms with van der Waals surface area (Å²) in [5.41, 5.74) is 6.19. The Morgan fingerprint density at radius 1 is 1.59 bits per heavy atom. The van der Waals surface area contributed by atoms with E-state index in [9.17, 15) is 4.79 Å². The first-order chi connectivity index (χ1) is 8.06. The highest BCUT2D eigenvalue weighted by Gasteiger charge is 2.11. The molecule has 0 atom stereocenters. The van der Waals surface area contributed by atoms with E-state index in [1.54, 1.807) is 18.0 Å². The Labute approximate surface area is 100 Å². The van der Waals surface area contributed by atoms with E-state index in [1.165, 1.54) is 6.07 Å². The largest absolute Gasteiger partial charge is 0.477 e. The van der Waals surface area contributed by atoms with Crippen LogP contribution in [0.5, 0.6) is 0 Å². The van der Waals surface area contributed by atoms with Crippen molar-refractivity contribution in [3.8, 4) is 0 Å². The Morgan fingerprint density at radius 3 is 2.88 bits per heavy atom. The molecule has 1 aromatic rings. The minimum atomic E-state index is -1.07. The fourth-order valence-corrected chi connectivity index (χ4v) is 1.34. The Hall–Kier alpha value is -1.82. The number of likely N-dealkylation sites (N-methyl/N-ethyl adjacent to an activating group) is 1. The highest BCUT2D eigenvalue weighted by Crippen LogP contribution is 2.19. The molecule has 0 fully saturated rings. The summed E-state index contributed by atoms with van der Waals surface area (Å²) in [4.78, 5) is 16.6. The van der Waals surface area contributed by atoms with Gasteiger partial charge in [-0.25, -0.2) is 9.78 Å². The quantitative estimate of drug-likeness (QED) is 0.715. The number of pyridine rings is 1. The lowest BCUT2D eigenvalue weighted by Gasteiger charge is -2.19. The first-order valence-electron chi connectivity index (χ1n) is 5.35. The molecule has 17 heavy (non-hydrogen) atoms. The maximum absolute atomic E-state index is 10.8. The van der Waals surface area contributed by atoms with Gasteiger partial charge in [-0.1, -0.05) is 0 Å². The van der Waals surface area contributed by atoms with Crippen LogP contribution in [0, 0.1) is 0 Å². The van der Waals surface area contributed by atoms with E-state index in [-0.39, 0.29) is 5.69 Å². The molecular weight excluding hydrogens is 222 g/mol. The zero-order valence-electron chi connectivity index (χ0n) is 10.0. The number of carboxylic acid groups (broad SMARTS) is 1. The number of anilines is 2. The van der Waals surface area contributed by atoms with Crippen LogP contribution in [0.3, 0.4) is 0 Å². The van der Waals surface area contributed by atoms with Gasteiger partial charge in [-0.15, -0.1) is 0 Å². The third-order valence-corrected chi connectivity index (χ3v) is 2.26. The summed E-state index contributed by atoms with van der Waals surface area (Å²) in [7, 11) is 1.79. The lowest BCUT2D eigenvalue weighted by Crippen LogP contribution is -2.25. The molecular formula is C11H17N3O3. The van der Waals surface area contributed by atoms with Crippen LogP contribution >= 0.6 is 0 Å². The first kappa shape index (κ1) is 13.2. The highest BCUT2D eigenvalue weighted by atomic mass is 16.5. The molecule has 1 rings (SSSR count). The molecule has 0 aliphatic carbocycles. The van der Waals surface area contributed by atoms with E-state index < -0.39 is 5.97 Å². The number of rotatable bonds is 6. The highest BCUT2D eigenvalue weighted by molar-refractivity contribution is 5.86. The molecule has 0 unspecified atom stereocenters. The molecule has 0 saturated carbocycles. The second-order valence-electron chi connectivity index (χ2n) is 3.53. The summed E-state index contributed by atoms with van der Waals surface area (Å²) < 4.78 is 5.22. The summed E-state index contributed by atoms with van der Waals surface area (Å²) in [5.74, 6) is -0.603. The van der Waals surface area contributed by atoms with Gasteiger partial charge in [-0.2, -0.15) is 0 Å². The van der Waals surface area contributed by atoms with Crippen molar-refractivity contribution in [2.75, 3.05) is 37.4 Å². The number of ether oxygens (including phenoxy) is 1. The van der Waals surface area contributed by atoms with Crippen LogP contribution in [0.25, 0.3) is 0 Å². The second kappa shape index (κ2) is 6.05. The molecule has 0 aromatic carbocycles. The van der Waals surface area contributed by atoms with Gasteiger partial charge in [0.2, 0.25) is 0 Å². The molecule has 6 nitrogen and oxygen atoms in total. The summed E-state index contributed by atoms with van der Waals surface area (Å²) >= 11 is 0. The standard InChI is InChI=1S/C11H17N3O3/c1-3-17-7-6-14(2)10-8(12)4-5-9(13-10)11(15)16/h4-5H,3,6-7,12H2,1-2H3,(H,15,16). The molecule has 0 aliphatic rings. The van der Waals surface area contributed by atoms with Gasteiger partial charge in [0.25, 0.3) is 0 Å². The average Bonchev–Trinajstić information content (AvgIpc) is 2.29. The van der Waals surface area contributed by atoms with Gasteiger partial charge in [0.05, 0.1) is 12.3 Å². The number of hydrogen-bond acceptors (Lipinski definition) is 5. The fraction of sp³-hybridized carbons (Fsp3) is 0.455. The summed E-state index contributed by atoms with van der Waals surface area (Å²) in [6.45, 7) is 3.71. The third-order valence-electron chi connectivity index (χ3n) is 2.26. The average molecular weight is 239 g/mol. The summed E-state index contributed by atoms with van der Waals surface area (Å²) in [5, 5.41) is 8.85. The van der Waals surface area contributed by atoms with Gasteiger partial charge in [0, 0.05) is 20.2 Å². The van der Waals surface area contributed by atoms with E-state index in [0.29, 0.717) is 31.3 Å². The normalized spacial score (nSPS) is 10.2. The monoisotopic (exact) mass is 239 g/mol. The Morgan fingerprint density at radius 2 is 2.29 bits per heavy atom. The van der Waals surface area contributed by atoms with Gasteiger partial charge in [-0.05, 0) is 19.1 Å². The van der Waals surface area contributed by atoms with Gasteiger partial charge in [0.1, 0.15) is 0 Å². The Balaban J connectivity index is 2.80. The number of aromatic carboxylic acids is 1. The van der Waals surface area contributed by atoms with Gasteiger partial charge in [0.15, 0.2) is 11.5 Å². The van der Waals surface area contributed by atoms with Crippen LogP contribution in [0.2, 0.25) is 0 Å². The van der Waals surface area contributed by atoms with Crippen LogP contribution < -0.4 is 10.6 Å². The van der Waals surface area contributed by atoms with Gasteiger partial charge < -0.3 is 20.5 Å². The molecule has 3 N–H and O–H groups in total. The molecule has 0 radical (unpaired) electrons. The minimum absolute atomic E-state index is 0.0162. The van der Waals surface area contributed by atoms with Crippen LogP contribution in [-0.2, 0) is 4.74 Å². The molecule has 0 aliphatic heterocycles. The summed E-state index contributed by atoms with van der Waals surface area (Å²) in [6.07, 6.45) is 0. The van der Waals surface area contributed by atoms with E-state index >= 15 is 0 Å². The Kier molecular flexibility index (Phi) is 4.71. The maximum atomic E-state index is 10.8. The van der Waals surface area contributed by atoms with E-state index in [2.05, 4.69) is 4.98 Å². The number of carbonyl (C=O) groups is 1. The van der Waals surface area contributed by atoms with Crippen molar-refractivity contribution in [2.24, 2.45) is 0 Å². The first-order valence-corrected chi connectivity index (χ1v) is 5.35. The van der Waals surface area contributed by atoms with E-state index in [1.807, 2.05) is 6.92 Å². The number of nitrogens with zero attached hydrogens (tertiary/aromatic N) is 2. The van der Waals surface area contributed by atoms with Crippen molar-refractivity contribution in [1.82, 2.24) is 4.98 Å². The van der Waals surface area contributed by atoms with Crippen molar-refractivity contribution < 1.29 is 14.6 Å². The molecule has 0 bridgehead atoms. The van der Waals surface area contributed by atoms with Gasteiger partial charge >= 0.3 is 5.97 Å². The van der Waals surface area contributed by atoms with Crippen LogP contribution in [0.4, 0.5) is 11.5 Å². The zero-order chi connectivity index (χ0) is 12.8. The predicted octanol–water partition coefficient (Wildman–Crippen LogP) is 0.835. The fourth-order valence-electron chi connectivity index (χ4n) is 1.34. The van der Waals surface area contributed by atoms with E-state index in [4.69, 9.17) is 15.6 Å². The predicted molar refractivity (Wildman–Crippen MR) is 65.4 cm³/mol. The Bertz CT molecular complexity index is 396. The van der Waals surface area contributed by atoms with Crippen molar-refractivity contribution in [3.05, 3.63) is 17.8 Å². The lowest BCUT2D eigenvalue weighted by atomic mass is 10.3. The topological polar surface area (TPSA) is 88.7 Å². The molecule has 0 saturated heterocycles. The second-order valence-corrected chi connectivity index (χ2v) is 3.53. The lowest BCUT2D eigenvalue weighted by molar-refractivity contribution is 0.0690. The molecule has 94 valence electrons. The number of aromatic nitrogens is 1. The molecule has 1 aromatic heterocycles. The number of carboxylic acids is 1. The molecule has 1 heterocycles. The molecule has 0 spiro atoms. The SMILES string of the molecule is CCOCCN(C)c1nc(C(=O)O)ccc1N. The van der Waals surface area contributed by atoms with Crippen molar-refractivity contribution in [3.63, 3.8) is 0 Å². The van der Waals surface area contributed by atoms with Crippen LogP contribution in [0.1, 0.15) is 17.4 Å².